The fourth-order valence-corrected chi connectivity index (χ4v) is 2.17. The highest BCUT2D eigenvalue weighted by atomic mass is 14.4. The fraction of sp³-hybridized carbons (Fsp3) is 1.00. The van der Waals surface area contributed by atoms with Gasteiger partial charge in [-0.05, 0) is 18.3 Å². The number of fused-ring (bicyclic) bond motifs is 2. The lowest BCUT2D eigenvalue weighted by atomic mass is 10.0. The predicted molar refractivity (Wildman–Crippen MR) is 57.4 cm³/mol. The third-order valence-corrected chi connectivity index (χ3v) is 2.63. The van der Waals surface area contributed by atoms with Crippen molar-refractivity contribution < 1.29 is 0 Å². The first kappa shape index (κ1) is 12.0. The van der Waals surface area contributed by atoms with E-state index in [1.165, 1.54) is 18.3 Å². The second-order valence-electron chi connectivity index (χ2n) is 3.83. The van der Waals surface area contributed by atoms with E-state index in [4.69, 9.17) is 0 Å². The Morgan fingerprint density at radius 3 is 1.17 bits per heavy atom. The third-order valence-electron chi connectivity index (χ3n) is 2.63. The Labute approximate surface area is 78.8 Å². The molecule has 74 valence electrons. The molecule has 2 aliphatic carbocycles. The van der Waals surface area contributed by atoms with Crippen molar-refractivity contribution in [2.45, 2.75) is 66.2 Å². The van der Waals surface area contributed by atoms with E-state index in [-0.39, 0.29) is 0 Å². The van der Waals surface area contributed by atoms with Crippen LogP contribution >= 0.6 is 0 Å². The molecule has 0 unspecified atom stereocenters. The molecule has 0 spiro atoms. The van der Waals surface area contributed by atoms with Crippen molar-refractivity contribution >= 4 is 0 Å². The largest absolute Gasteiger partial charge is 0.0683 e. The van der Waals surface area contributed by atoms with Crippen LogP contribution < -0.4 is 0 Å². The lowest BCUT2D eigenvalue weighted by Crippen LogP contribution is -1.90. The van der Waals surface area contributed by atoms with Crippen molar-refractivity contribution in [1.82, 2.24) is 0 Å². The molecule has 2 aliphatic rings. The molecule has 0 saturated heterocycles. The zero-order valence-corrected chi connectivity index (χ0v) is 9.40. The molecule has 0 N–H and O–H groups in total. The first-order valence-electron chi connectivity index (χ1n) is 5.86. The maximum absolute atomic E-state index is 2.12. The Bertz CT molecular complexity index is 68.0. The van der Waals surface area contributed by atoms with Gasteiger partial charge < -0.3 is 0 Å². The zero-order valence-electron chi connectivity index (χ0n) is 9.40. The second kappa shape index (κ2) is 7.64. The molecular formula is C12H26. The van der Waals surface area contributed by atoms with Gasteiger partial charge >= 0.3 is 0 Å². The molecule has 0 heterocycles. The van der Waals surface area contributed by atoms with E-state index in [0.717, 1.165) is 0 Å². The summed E-state index contributed by atoms with van der Waals surface area (Å²) in [6.07, 6.45) is 9.07. The van der Waals surface area contributed by atoms with Gasteiger partial charge in [0.1, 0.15) is 0 Å². The van der Waals surface area contributed by atoms with E-state index in [0.29, 0.717) is 0 Å². The van der Waals surface area contributed by atoms with E-state index >= 15 is 0 Å². The average Bonchev–Trinajstić information content (AvgIpc) is 2.72. The molecule has 0 atom stereocenters. The number of hydrogen-bond donors (Lipinski definition) is 0. The van der Waals surface area contributed by atoms with Crippen molar-refractivity contribution in [3.8, 4) is 0 Å². The van der Waals surface area contributed by atoms with Crippen LogP contribution in [-0.4, -0.2) is 0 Å². The van der Waals surface area contributed by atoms with Gasteiger partial charge in [0.2, 0.25) is 0 Å². The summed E-state index contributed by atoms with van der Waals surface area (Å²) >= 11 is 0. The van der Waals surface area contributed by atoms with Crippen LogP contribution in [-0.2, 0) is 0 Å². The summed E-state index contributed by atoms with van der Waals surface area (Å²) in [5.74, 6) is 2.34. The van der Waals surface area contributed by atoms with Crippen LogP contribution in [0.5, 0.6) is 0 Å². The Morgan fingerprint density at radius 2 is 1.08 bits per heavy atom. The maximum atomic E-state index is 2.12. The molecule has 0 aromatic carbocycles. The summed E-state index contributed by atoms with van der Waals surface area (Å²) < 4.78 is 0. The summed E-state index contributed by atoms with van der Waals surface area (Å²) in [7, 11) is 0. The van der Waals surface area contributed by atoms with Gasteiger partial charge in [-0.3, -0.25) is 0 Å². The van der Waals surface area contributed by atoms with Crippen LogP contribution in [0.15, 0.2) is 0 Å². The monoisotopic (exact) mass is 170 g/mol. The molecule has 2 bridgehead atoms. The third kappa shape index (κ3) is 4.13. The highest BCUT2D eigenvalue weighted by Crippen LogP contribution is 2.43. The summed E-state index contributed by atoms with van der Waals surface area (Å²) in [4.78, 5) is 0. The topological polar surface area (TPSA) is 0 Å². The second-order valence-corrected chi connectivity index (χ2v) is 3.83. The van der Waals surface area contributed by atoms with E-state index < -0.39 is 0 Å². The Balaban J connectivity index is 0.000000211. The smallest absolute Gasteiger partial charge is 0.0411 e. The van der Waals surface area contributed by atoms with Crippen molar-refractivity contribution in [1.29, 1.82) is 0 Å². The van der Waals surface area contributed by atoms with E-state index in [9.17, 15) is 0 Å². The SMILES string of the molecule is C1CC2CCC1C2.CC.CCC. The normalized spacial score (nSPS) is 30.0. The molecule has 0 heteroatoms. The lowest BCUT2D eigenvalue weighted by Gasteiger charge is -2.05. The minimum atomic E-state index is 1.17. The van der Waals surface area contributed by atoms with E-state index in [1.54, 1.807) is 32.1 Å². The first-order chi connectivity index (χ1) is 5.86. The quantitative estimate of drug-likeness (QED) is 0.497. The van der Waals surface area contributed by atoms with Crippen LogP contribution in [0.3, 0.4) is 0 Å². The van der Waals surface area contributed by atoms with Crippen LogP contribution in [0.4, 0.5) is 0 Å². The van der Waals surface area contributed by atoms with Gasteiger partial charge in [-0.1, -0.05) is 59.8 Å². The Hall–Kier alpha value is 0. The summed E-state index contributed by atoms with van der Waals surface area (Å²) in [5, 5.41) is 0. The Kier molecular flexibility index (Phi) is 7.64. The summed E-state index contributed by atoms with van der Waals surface area (Å²) in [5.41, 5.74) is 0. The predicted octanol–water partition coefficient (Wildman–Crippen LogP) is 4.64. The van der Waals surface area contributed by atoms with Gasteiger partial charge in [0.15, 0.2) is 0 Å². The molecule has 0 nitrogen and oxygen atoms in total. The van der Waals surface area contributed by atoms with Gasteiger partial charge in [-0.25, -0.2) is 0 Å². The van der Waals surface area contributed by atoms with Crippen molar-refractivity contribution in [2.75, 3.05) is 0 Å². The fourth-order valence-electron chi connectivity index (χ4n) is 2.17. The van der Waals surface area contributed by atoms with Gasteiger partial charge in [0.25, 0.3) is 0 Å². The van der Waals surface area contributed by atoms with Gasteiger partial charge in [-0.15, -0.1) is 0 Å². The van der Waals surface area contributed by atoms with Gasteiger partial charge in [-0.2, -0.15) is 0 Å². The molecule has 0 aliphatic heterocycles. The molecule has 12 heavy (non-hydrogen) atoms. The maximum Gasteiger partial charge on any atom is -0.0411 e. The standard InChI is InChI=1S/C7H12.C3H8.C2H6/c1-2-7-4-3-6(1)5-7;1-3-2;1-2/h6-7H,1-5H2;3H2,1-2H3;1-2H3. The van der Waals surface area contributed by atoms with Crippen LogP contribution in [0.2, 0.25) is 0 Å². The molecule has 2 rings (SSSR count). The van der Waals surface area contributed by atoms with Gasteiger partial charge in [0.05, 0.1) is 0 Å². The summed E-state index contributed by atoms with van der Waals surface area (Å²) in [6, 6.07) is 0. The highest BCUT2D eigenvalue weighted by molar-refractivity contribution is 4.82. The number of rotatable bonds is 0. The zero-order chi connectivity index (χ0) is 9.40. The molecule has 2 fully saturated rings. The lowest BCUT2D eigenvalue weighted by molar-refractivity contribution is 0.480. The average molecular weight is 170 g/mol. The molecule has 0 aromatic heterocycles. The molecule has 0 radical (unpaired) electrons. The Morgan fingerprint density at radius 1 is 0.833 bits per heavy atom. The molecule has 0 aromatic rings. The van der Waals surface area contributed by atoms with Crippen molar-refractivity contribution in [2.24, 2.45) is 11.8 Å². The summed E-state index contributed by atoms with van der Waals surface area (Å²) in [6.45, 7) is 8.25. The van der Waals surface area contributed by atoms with Gasteiger partial charge in [0, 0.05) is 0 Å². The van der Waals surface area contributed by atoms with Crippen LogP contribution in [0, 0.1) is 11.8 Å². The first-order valence-corrected chi connectivity index (χ1v) is 5.86. The van der Waals surface area contributed by atoms with E-state index in [1.807, 2.05) is 13.8 Å². The van der Waals surface area contributed by atoms with Crippen molar-refractivity contribution in [3.05, 3.63) is 0 Å². The molecule has 2 saturated carbocycles. The minimum Gasteiger partial charge on any atom is -0.0683 e. The molecular weight excluding hydrogens is 144 g/mol. The van der Waals surface area contributed by atoms with Crippen molar-refractivity contribution in [3.63, 3.8) is 0 Å². The number of hydrogen-bond acceptors (Lipinski definition) is 0. The van der Waals surface area contributed by atoms with E-state index in [2.05, 4.69) is 13.8 Å². The highest BCUT2D eigenvalue weighted by Gasteiger charge is 2.30. The van der Waals surface area contributed by atoms with Crippen LogP contribution in [0.1, 0.15) is 66.2 Å². The molecule has 0 amide bonds. The minimum absolute atomic E-state index is 1.17. The van der Waals surface area contributed by atoms with Crippen LogP contribution in [0.25, 0.3) is 0 Å².